The Morgan fingerprint density at radius 3 is 2.05 bits per heavy atom. The van der Waals surface area contributed by atoms with Crippen LogP contribution in [0.5, 0.6) is 0 Å². The lowest BCUT2D eigenvalue weighted by molar-refractivity contribution is 0.245. The Balaban J connectivity index is 0.000000864. The molecular formula is C34H34N6. The summed E-state index contributed by atoms with van der Waals surface area (Å²) in [5, 5.41) is 8.45. The topological polar surface area (TPSA) is 72.4 Å². The molecule has 2 saturated heterocycles. The molecule has 0 radical (unpaired) electrons. The van der Waals surface area contributed by atoms with Gasteiger partial charge in [0.2, 0.25) is 0 Å². The Morgan fingerprint density at radius 2 is 1.48 bits per heavy atom. The molecule has 6 nitrogen and oxygen atoms in total. The monoisotopic (exact) mass is 526 g/mol. The Bertz CT molecular complexity index is 1930. The van der Waals surface area contributed by atoms with Crippen molar-refractivity contribution in [2.45, 2.75) is 51.9 Å². The molecule has 40 heavy (non-hydrogen) atoms. The Morgan fingerprint density at radius 1 is 0.850 bits per heavy atom. The van der Waals surface area contributed by atoms with Gasteiger partial charge in [-0.25, -0.2) is 9.97 Å². The van der Waals surface area contributed by atoms with E-state index in [1.807, 2.05) is 0 Å². The van der Waals surface area contributed by atoms with E-state index >= 15 is 0 Å². The maximum atomic E-state index is 5.03. The lowest BCUT2D eigenvalue weighted by atomic mass is 9.98. The van der Waals surface area contributed by atoms with Crippen molar-refractivity contribution in [1.29, 1.82) is 0 Å². The largest absolute Gasteiger partial charge is 0.341 e. The lowest BCUT2D eigenvalue weighted by Crippen LogP contribution is -2.25. The van der Waals surface area contributed by atoms with Crippen LogP contribution in [-0.2, 0) is 6.54 Å². The standard InChI is InChI=1S/C31H28N6.C2H2.CH4/c1-16-10-26(16)32-14-28-33-24-8-4-19-11-17(2-6-22(19)29(24)35-28)18-3-7-23-20(12-18)5-9-25-30(23)36-31(34-25)27-13-21-15-37(21)27;1-2;/h2-9,11-12,16,21,26-27,32H,10,13-15H2,1H3,(H,33,35)(H,34,36);1-2H;1H4/t16?,21-,26?,27-,37?;;/m0../s1. The molecule has 0 bridgehead atoms. The lowest BCUT2D eigenvalue weighted by Gasteiger charge is -2.24. The molecule has 3 N–H and O–H groups in total. The number of nitrogens with one attached hydrogen (secondary N) is 3. The zero-order valence-corrected chi connectivity index (χ0v) is 21.9. The van der Waals surface area contributed by atoms with Crippen LogP contribution in [0, 0.1) is 18.8 Å². The fourth-order valence-corrected chi connectivity index (χ4v) is 6.42. The molecule has 0 spiro atoms. The Kier molecular flexibility index (Phi) is 5.71. The number of hydrogen-bond donors (Lipinski definition) is 3. The van der Waals surface area contributed by atoms with E-state index in [0.29, 0.717) is 12.1 Å². The molecular weight excluding hydrogens is 492 g/mol. The van der Waals surface area contributed by atoms with Crippen LogP contribution in [0.4, 0.5) is 0 Å². The summed E-state index contributed by atoms with van der Waals surface area (Å²) in [5.41, 5.74) is 6.82. The number of imidazole rings is 2. The summed E-state index contributed by atoms with van der Waals surface area (Å²) < 4.78 is 0. The number of nitrogens with zero attached hydrogens (tertiary/aromatic N) is 3. The third-order valence-corrected chi connectivity index (χ3v) is 8.95. The number of fused-ring (bicyclic) bond motifs is 7. The SMILES string of the molecule is C.C#C.CC1CC1NCc1nc2c(ccc3cc(-c4ccc5c(ccc6[nH]c([C@@H]7C[C@H]8CN87)nc65)c4)ccc32)[nH]1. The molecule has 5 atom stereocenters. The van der Waals surface area contributed by atoms with Crippen LogP contribution in [0.3, 0.4) is 0 Å². The van der Waals surface area contributed by atoms with E-state index in [1.54, 1.807) is 0 Å². The van der Waals surface area contributed by atoms with Crippen molar-refractivity contribution in [3.8, 4) is 24.0 Å². The van der Waals surface area contributed by atoms with Gasteiger partial charge in [0.25, 0.3) is 0 Å². The normalized spacial score (nSPS) is 24.2. The third kappa shape index (κ3) is 3.89. The maximum Gasteiger partial charge on any atom is 0.124 e. The van der Waals surface area contributed by atoms with Crippen LogP contribution < -0.4 is 5.32 Å². The molecule has 2 aromatic heterocycles. The first-order chi connectivity index (χ1) is 19.2. The molecule has 3 unspecified atom stereocenters. The number of aromatic nitrogens is 4. The van der Waals surface area contributed by atoms with Crippen LogP contribution in [-0.4, -0.2) is 43.5 Å². The predicted molar refractivity (Wildman–Crippen MR) is 165 cm³/mol. The van der Waals surface area contributed by atoms with Crippen molar-refractivity contribution < 1.29 is 0 Å². The van der Waals surface area contributed by atoms with Crippen molar-refractivity contribution in [2.24, 2.45) is 5.92 Å². The maximum absolute atomic E-state index is 5.03. The minimum absolute atomic E-state index is 0. The zero-order valence-electron chi connectivity index (χ0n) is 21.9. The summed E-state index contributed by atoms with van der Waals surface area (Å²) in [6.07, 6.45) is 10.5. The Hall–Kier alpha value is -4.18. The second-order valence-corrected chi connectivity index (χ2v) is 11.4. The van der Waals surface area contributed by atoms with Gasteiger partial charge in [0, 0.05) is 29.4 Å². The predicted octanol–water partition coefficient (Wildman–Crippen LogP) is 6.93. The fraction of sp³-hybridized carbons (Fsp3) is 0.294. The van der Waals surface area contributed by atoms with Crippen molar-refractivity contribution in [2.75, 3.05) is 6.54 Å². The van der Waals surface area contributed by atoms with E-state index in [9.17, 15) is 0 Å². The fourth-order valence-electron chi connectivity index (χ4n) is 6.42. The van der Waals surface area contributed by atoms with E-state index in [4.69, 9.17) is 9.97 Å². The third-order valence-electron chi connectivity index (χ3n) is 8.95. The van der Waals surface area contributed by atoms with Crippen molar-refractivity contribution in [3.63, 3.8) is 0 Å². The molecule has 200 valence electrons. The van der Waals surface area contributed by atoms with Gasteiger partial charge in [0.1, 0.15) is 11.6 Å². The highest BCUT2D eigenvalue weighted by molar-refractivity contribution is 6.07. The first-order valence-corrected chi connectivity index (χ1v) is 13.8. The van der Waals surface area contributed by atoms with Crippen molar-refractivity contribution >= 4 is 43.6 Å². The van der Waals surface area contributed by atoms with Gasteiger partial charge in [-0.15, -0.1) is 12.8 Å². The van der Waals surface area contributed by atoms with Gasteiger partial charge in [0.05, 0.1) is 34.7 Å². The second-order valence-electron chi connectivity index (χ2n) is 11.4. The van der Waals surface area contributed by atoms with Crippen LogP contribution in [0.1, 0.15) is 44.9 Å². The number of terminal acetylenes is 1. The highest BCUT2D eigenvalue weighted by Gasteiger charge is 2.52. The molecule has 3 aliphatic rings. The van der Waals surface area contributed by atoms with Gasteiger partial charge in [-0.3, -0.25) is 4.90 Å². The van der Waals surface area contributed by atoms with Gasteiger partial charge in [-0.1, -0.05) is 50.7 Å². The van der Waals surface area contributed by atoms with E-state index in [1.165, 1.54) is 52.1 Å². The quantitative estimate of drug-likeness (QED) is 0.168. The average molecular weight is 527 g/mol. The second kappa shape index (κ2) is 9.19. The van der Waals surface area contributed by atoms with Gasteiger partial charge in [-0.2, -0.15) is 0 Å². The minimum atomic E-state index is 0. The summed E-state index contributed by atoms with van der Waals surface area (Å²) in [4.78, 5) is 19.6. The number of rotatable bonds is 5. The molecule has 9 rings (SSSR count). The summed E-state index contributed by atoms with van der Waals surface area (Å²) in [6, 6.07) is 24.2. The van der Waals surface area contributed by atoms with Crippen LogP contribution >= 0.6 is 0 Å². The molecule has 1 aliphatic carbocycles. The van der Waals surface area contributed by atoms with Gasteiger partial charge in [-0.05, 0) is 64.9 Å². The molecule has 4 aromatic carbocycles. The van der Waals surface area contributed by atoms with E-state index in [-0.39, 0.29) is 7.43 Å². The average Bonchev–Trinajstić information content (AvgIpc) is 3.66. The van der Waals surface area contributed by atoms with Crippen molar-refractivity contribution in [3.05, 3.63) is 72.3 Å². The Labute approximate surface area is 234 Å². The van der Waals surface area contributed by atoms with Crippen LogP contribution in [0.2, 0.25) is 0 Å². The molecule has 3 fully saturated rings. The molecule has 1 saturated carbocycles. The smallest absolute Gasteiger partial charge is 0.124 e. The number of hydrogen-bond acceptors (Lipinski definition) is 4. The first kappa shape index (κ1) is 24.8. The summed E-state index contributed by atoms with van der Waals surface area (Å²) in [6.45, 7) is 4.33. The molecule has 6 heteroatoms. The number of benzene rings is 4. The van der Waals surface area contributed by atoms with E-state index < -0.39 is 0 Å². The number of aromatic amines is 2. The number of H-pyrrole nitrogens is 2. The van der Waals surface area contributed by atoms with E-state index in [2.05, 4.69) is 101 Å². The summed E-state index contributed by atoms with van der Waals surface area (Å²) in [7, 11) is 0. The summed E-state index contributed by atoms with van der Waals surface area (Å²) >= 11 is 0. The van der Waals surface area contributed by atoms with Crippen LogP contribution in [0.25, 0.3) is 54.7 Å². The van der Waals surface area contributed by atoms with Gasteiger partial charge >= 0.3 is 0 Å². The molecule has 6 aromatic rings. The molecule has 0 amide bonds. The minimum Gasteiger partial charge on any atom is -0.341 e. The molecule has 4 heterocycles. The first-order valence-electron chi connectivity index (χ1n) is 13.8. The highest BCUT2D eigenvalue weighted by atomic mass is 15.4. The van der Waals surface area contributed by atoms with Gasteiger partial charge < -0.3 is 15.3 Å². The van der Waals surface area contributed by atoms with Crippen LogP contribution in [0.15, 0.2) is 60.7 Å². The highest BCUT2D eigenvalue weighted by Crippen LogP contribution is 2.48. The molecule has 2 aliphatic heterocycles. The van der Waals surface area contributed by atoms with E-state index in [0.717, 1.165) is 52.2 Å². The summed E-state index contributed by atoms with van der Waals surface area (Å²) in [5.74, 6) is 2.93. The zero-order chi connectivity index (χ0) is 26.2. The van der Waals surface area contributed by atoms with Crippen molar-refractivity contribution in [1.82, 2.24) is 30.2 Å². The van der Waals surface area contributed by atoms with Gasteiger partial charge in [0.15, 0.2) is 0 Å².